The quantitative estimate of drug-likeness (QED) is 0.805. The Balaban J connectivity index is 1.42. The normalized spacial score (nSPS) is 17.6. The molecule has 1 aliphatic heterocycles. The zero-order valence-electron chi connectivity index (χ0n) is 12.6. The van der Waals surface area contributed by atoms with Crippen LogP contribution in [0.15, 0.2) is 36.0 Å². The van der Waals surface area contributed by atoms with Gasteiger partial charge >= 0.3 is 0 Å². The molecule has 0 saturated heterocycles. The summed E-state index contributed by atoms with van der Waals surface area (Å²) in [6.07, 6.45) is 6.10. The van der Waals surface area contributed by atoms with Crippen LogP contribution in [-0.4, -0.2) is 25.4 Å². The number of thiophene rings is 1. The first-order valence-corrected chi connectivity index (χ1v) is 8.48. The lowest BCUT2D eigenvalue weighted by Gasteiger charge is -2.24. The molecule has 0 bridgehead atoms. The molecule has 0 aromatic carbocycles. The first-order valence-electron chi connectivity index (χ1n) is 7.60. The van der Waals surface area contributed by atoms with Gasteiger partial charge in [-0.1, -0.05) is 6.07 Å². The highest BCUT2D eigenvalue weighted by molar-refractivity contribution is 7.13. The molecule has 0 spiro atoms. The molecule has 3 aromatic rings. The Kier molecular flexibility index (Phi) is 3.56. The van der Waals surface area contributed by atoms with Crippen molar-refractivity contribution in [1.82, 2.24) is 24.6 Å². The van der Waals surface area contributed by atoms with Crippen molar-refractivity contribution >= 4 is 11.3 Å². The van der Waals surface area contributed by atoms with Crippen LogP contribution in [0.2, 0.25) is 0 Å². The van der Waals surface area contributed by atoms with Crippen molar-refractivity contribution in [2.75, 3.05) is 0 Å². The van der Waals surface area contributed by atoms with Crippen LogP contribution in [-0.2, 0) is 26.6 Å². The number of hydrogen-bond donors (Lipinski definition) is 1. The van der Waals surface area contributed by atoms with Crippen molar-refractivity contribution < 1.29 is 0 Å². The molecule has 0 aliphatic carbocycles. The molecular formula is C16H19N5S. The molecule has 4 heterocycles. The third-order valence-electron chi connectivity index (χ3n) is 4.23. The number of aryl methyl sites for hydroxylation is 2. The summed E-state index contributed by atoms with van der Waals surface area (Å²) in [7, 11) is 2.01. The van der Waals surface area contributed by atoms with E-state index in [0.717, 1.165) is 31.6 Å². The van der Waals surface area contributed by atoms with E-state index >= 15 is 0 Å². The van der Waals surface area contributed by atoms with Crippen LogP contribution in [0.1, 0.15) is 17.9 Å². The number of nitrogens with one attached hydrogen (secondary N) is 1. The Bertz CT molecular complexity index is 755. The first kappa shape index (κ1) is 13.7. The Labute approximate surface area is 133 Å². The van der Waals surface area contributed by atoms with E-state index in [9.17, 15) is 0 Å². The molecule has 1 atom stereocenters. The number of imidazole rings is 1. The van der Waals surface area contributed by atoms with Gasteiger partial charge < -0.3 is 9.88 Å². The molecule has 1 aliphatic rings. The van der Waals surface area contributed by atoms with E-state index in [4.69, 9.17) is 0 Å². The topological polar surface area (TPSA) is 47.7 Å². The largest absolute Gasteiger partial charge is 0.335 e. The number of aromatic nitrogens is 4. The molecule has 5 nitrogen and oxygen atoms in total. The van der Waals surface area contributed by atoms with E-state index in [1.807, 2.05) is 17.9 Å². The fourth-order valence-electron chi connectivity index (χ4n) is 3.04. The van der Waals surface area contributed by atoms with E-state index in [0.29, 0.717) is 6.04 Å². The monoisotopic (exact) mass is 313 g/mol. The van der Waals surface area contributed by atoms with Gasteiger partial charge in [-0.2, -0.15) is 5.10 Å². The second kappa shape index (κ2) is 5.70. The van der Waals surface area contributed by atoms with Gasteiger partial charge in [-0.15, -0.1) is 11.3 Å². The summed E-state index contributed by atoms with van der Waals surface area (Å²) in [6, 6.07) is 6.89. The summed E-state index contributed by atoms with van der Waals surface area (Å²) < 4.78 is 4.21. The van der Waals surface area contributed by atoms with Crippen LogP contribution < -0.4 is 5.32 Å². The summed E-state index contributed by atoms with van der Waals surface area (Å²) >= 11 is 1.75. The first-order chi connectivity index (χ1) is 10.8. The lowest BCUT2D eigenvalue weighted by Crippen LogP contribution is -2.36. The van der Waals surface area contributed by atoms with Crippen LogP contribution in [0, 0.1) is 0 Å². The van der Waals surface area contributed by atoms with Crippen LogP contribution >= 0.6 is 11.3 Å². The molecule has 6 heteroatoms. The van der Waals surface area contributed by atoms with Gasteiger partial charge in [0.15, 0.2) is 0 Å². The minimum absolute atomic E-state index is 0.488. The average molecular weight is 313 g/mol. The van der Waals surface area contributed by atoms with Crippen molar-refractivity contribution in [1.29, 1.82) is 0 Å². The fourth-order valence-corrected chi connectivity index (χ4v) is 3.81. The van der Waals surface area contributed by atoms with Crippen LogP contribution in [0.5, 0.6) is 0 Å². The van der Waals surface area contributed by atoms with Crippen molar-refractivity contribution in [3.63, 3.8) is 0 Å². The number of nitrogens with zero attached hydrogens (tertiary/aromatic N) is 4. The maximum Gasteiger partial charge on any atom is 0.110 e. The molecule has 0 amide bonds. The van der Waals surface area contributed by atoms with Gasteiger partial charge in [-0.3, -0.25) is 4.68 Å². The van der Waals surface area contributed by atoms with E-state index in [1.54, 1.807) is 11.3 Å². The second-order valence-electron chi connectivity index (χ2n) is 5.73. The van der Waals surface area contributed by atoms with Gasteiger partial charge in [0.2, 0.25) is 0 Å². The molecule has 4 rings (SSSR count). The number of rotatable bonds is 4. The zero-order chi connectivity index (χ0) is 14.9. The van der Waals surface area contributed by atoms with Crippen molar-refractivity contribution in [3.05, 3.63) is 47.5 Å². The summed E-state index contributed by atoms with van der Waals surface area (Å²) in [6.45, 7) is 1.86. The number of fused-ring (bicyclic) bond motifs is 1. The molecule has 1 unspecified atom stereocenters. The molecular weight excluding hydrogens is 294 g/mol. The number of hydrogen-bond acceptors (Lipinski definition) is 4. The predicted octanol–water partition coefficient (Wildman–Crippen LogP) is 2.45. The maximum atomic E-state index is 4.63. The lowest BCUT2D eigenvalue weighted by molar-refractivity contribution is 0.390. The van der Waals surface area contributed by atoms with Gasteiger partial charge in [-0.05, 0) is 23.9 Å². The fraction of sp³-hybridized carbons (Fsp3) is 0.375. The van der Waals surface area contributed by atoms with E-state index in [1.165, 1.54) is 16.4 Å². The molecule has 0 saturated carbocycles. The molecule has 114 valence electrons. The van der Waals surface area contributed by atoms with Crippen molar-refractivity contribution in [3.8, 4) is 10.6 Å². The molecule has 3 aromatic heterocycles. The smallest absolute Gasteiger partial charge is 0.110 e. The highest BCUT2D eigenvalue weighted by Gasteiger charge is 2.19. The average Bonchev–Trinajstić information content (AvgIpc) is 3.25. The maximum absolute atomic E-state index is 4.63. The van der Waals surface area contributed by atoms with Crippen LogP contribution in [0.25, 0.3) is 10.6 Å². The molecule has 0 radical (unpaired) electrons. The van der Waals surface area contributed by atoms with Gasteiger partial charge in [0.25, 0.3) is 0 Å². The standard InChI is InChI=1S/C16H19N5S/c1-20-14(15-3-2-8-22-15)9-13(19-20)11-18-12-4-6-21-7-5-17-16(21)10-12/h2-3,5,7-9,12,18H,4,6,10-11H2,1H3. The SMILES string of the molecule is Cn1nc(CNC2CCn3ccnc3C2)cc1-c1cccs1. The minimum Gasteiger partial charge on any atom is -0.335 e. The molecule has 0 fully saturated rings. The highest BCUT2D eigenvalue weighted by Crippen LogP contribution is 2.24. The van der Waals surface area contributed by atoms with Gasteiger partial charge in [-0.25, -0.2) is 4.98 Å². The van der Waals surface area contributed by atoms with E-state index < -0.39 is 0 Å². The van der Waals surface area contributed by atoms with Crippen molar-refractivity contribution in [2.45, 2.75) is 32.0 Å². The Morgan fingerprint density at radius 1 is 1.45 bits per heavy atom. The Morgan fingerprint density at radius 2 is 2.41 bits per heavy atom. The zero-order valence-corrected chi connectivity index (χ0v) is 13.4. The minimum atomic E-state index is 0.488. The Morgan fingerprint density at radius 3 is 3.27 bits per heavy atom. The summed E-state index contributed by atoms with van der Waals surface area (Å²) in [5.74, 6) is 1.18. The van der Waals surface area contributed by atoms with Crippen LogP contribution in [0.4, 0.5) is 0 Å². The van der Waals surface area contributed by atoms with E-state index in [-0.39, 0.29) is 0 Å². The predicted molar refractivity (Wildman–Crippen MR) is 87.7 cm³/mol. The highest BCUT2D eigenvalue weighted by atomic mass is 32.1. The summed E-state index contributed by atoms with van der Waals surface area (Å²) in [5, 5.41) is 10.4. The Hall–Kier alpha value is -1.92. The van der Waals surface area contributed by atoms with Crippen LogP contribution in [0.3, 0.4) is 0 Å². The van der Waals surface area contributed by atoms with Crippen molar-refractivity contribution in [2.24, 2.45) is 7.05 Å². The summed E-state index contributed by atoms with van der Waals surface area (Å²) in [4.78, 5) is 5.68. The molecule has 1 N–H and O–H groups in total. The third-order valence-corrected chi connectivity index (χ3v) is 5.12. The van der Waals surface area contributed by atoms with Gasteiger partial charge in [0, 0.05) is 45.0 Å². The van der Waals surface area contributed by atoms with Gasteiger partial charge in [0.1, 0.15) is 5.82 Å². The lowest BCUT2D eigenvalue weighted by atomic mass is 10.1. The van der Waals surface area contributed by atoms with E-state index in [2.05, 4.69) is 49.7 Å². The van der Waals surface area contributed by atoms with Gasteiger partial charge in [0.05, 0.1) is 16.3 Å². The summed E-state index contributed by atoms with van der Waals surface area (Å²) in [5.41, 5.74) is 2.28. The second-order valence-corrected chi connectivity index (χ2v) is 6.68. The molecule has 22 heavy (non-hydrogen) atoms. The third kappa shape index (κ3) is 2.60.